The number of hydrogen-bond donors (Lipinski definition) is 3. The second-order valence-corrected chi connectivity index (χ2v) is 4.45. The van der Waals surface area contributed by atoms with E-state index in [4.69, 9.17) is 5.73 Å². The van der Waals surface area contributed by atoms with Gasteiger partial charge in [-0.25, -0.2) is 9.36 Å². The van der Waals surface area contributed by atoms with Crippen LogP contribution in [0.5, 0.6) is 5.88 Å². The van der Waals surface area contributed by atoms with E-state index < -0.39 is 28.6 Å². The fourth-order valence-electron chi connectivity index (χ4n) is 1.93. The number of amides is 1. The molecule has 104 valence electrons. The van der Waals surface area contributed by atoms with Gasteiger partial charge in [-0.3, -0.25) is 14.6 Å². The third-order valence-electron chi connectivity index (χ3n) is 2.94. The van der Waals surface area contributed by atoms with Crippen LogP contribution in [0.2, 0.25) is 0 Å². The summed E-state index contributed by atoms with van der Waals surface area (Å²) in [7, 11) is 0. The molecule has 0 spiro atoms. The second kappa shape index (κ2) is 4.69. The summed E-state index contributed by atoms with van der Waals surface area (Å²) in [4.78, 5) is 36.6. The third kappa shape index (κ3) is 2.09. The first-order valence-corrected chi connectivity index (χ1v) is 5.78. The molecule has 0 bridgehead atoms. The lowest BCUT2D eigenvalue weighted by Crippen LogP contribution is -2.35. The van der Waals surface area contributed by atoms with Crippen molar-refractivity contribution in [1.82, 2.24) is 9.55 Å². The zero-order chi connectivity index (χ0) is 15.0. The molecule has 0 aliphatic heterocycles. The lowest BCUT2D eigenvalue weighted by molar-refractivity contribution is 0.0995. The highest BCUT2D eigenvalue weighted by Crippen LogP contribution is 2.20. The number of aromatic hydroxyl groups is 1. The fraction of sp³-hybridized carbons (Fsp3) is 0.154. The van der Waals surface area contributed by atoms with Crippen molar-refractivity contribution in [2.75, 3.05) is 0 Å². The second-order valence-electron chi connectivity index (χ2n) is 4.45. The van der Waals surface area contributed by atoms with Crippen molar-refractivity contribution in [2.24, 2.45) is 5.73 Å². The molecule has 0 fully saturated rings. The summed E-state index contributed by atoms with van der Waals surface area (Å²) in [5.41, 5.74) is 4.45. The Labute approximate surface area is 113 Å². The van der Waals surface area contributed by atoms with Gasteiger partial charge in [-0.15, -0.1) is 0 Å². The van der Waals surface area contributed by atoms with Gasteiger partial charge < -0.3 is 10.8 Å². The number of carbonyl (C=O) groups is 1. The van der Waals surface area contributed by atoms with Crippen LogP contribution in [0.25, 0.3) is 5.69 Å². The van der Waals surface area contributed by atoms with Gasteiger partial charge in [-0.2, -0.15) is 0 Å². The average molecular weight is 275 g/mol. The molecule has 7 heteroatoms. The molecule has 2 rings (SSSR count). The van der Waals surface area contributed by atoms with Gasteiger partial charge >= 0.3 is 5.69 Å². The van der Waals surface area contributed by atoms with Crippen LogP contribution in [0.3, 0.4) is 0 Å². The van der Waals surface area contributed by atoms with Crippen LogP contribution in [0, 0.1) is 13.8 Å². The Bertz CT molecular complexity index is 817. The van der Waals surface area contributed by atoms with Crippen LogP contribution in [0.4, 0.5) is 0 Å². The molecule has 1 amide bonds. The molecule has 0 saturated carbocycles. The van der Waals surface area contributed by atoms with E-state index in [0.717, 1.165) is 10.1 Å². The molecule has 1 aromatic carbocycles. The van der Waals surface area contributed by atoms with Crippen molar-refractivity contribution in [3.8, 4) is 11.6 Å². The molecule has 2 aromatic rings. The zero-order valence-corrected chi connectivity index (χ0v) is 10.9. The number of benzene rings is 1. The van der Waals surface area contributed by atoms with Crippen LogP contribution < -0.4 is 17.0 Å². The van der Waals surface area contributed by atoms with Crippen molar-refractivity contribution >= 4 is 5.91 Å². The third-order valence-corrected chi connectivity index (χ3v) is 2.94. The number of carbonyl (C=O) groups excluding carboxylic acids is 1. The first-order chi connectivity index (χ1) is 9.32. The Hall–Kier alpha value is -2.83. The normalized spacial score (nSPS) is 10.5. The largest absolute Gasteiger partial charge is 0.493 e. The van der Waals surface area contributed by atoms with Crippen LogP contribution >= 0.6 is 0 Å². The maximum absolute atomic E-state index is 11.9. The van der Waals surface area contributed by atoms with Crippen molar-refractivity contribution in [1.29, 1.82) is 0 Å². The lowest BCUT2D eigenvalue weighted by Gasteiger charge is -2.12. The first kappa shape index (κ1) is 13.6. The van der Waals surface area contributed by atoms with Crippen LogP contribution in [0.15, 0.2) is 27.8 Å². The predicted octanol–water partition coefficient (Wildman–Crippen LogP) is -0.0529. The summed E-state index contributed by atoms with van der Waals surface area (Å²) in [6, 6.07) is 5.24. The van der Waals surface area contributed by atoms with E-state index in [1.807, 2.05) is 18.0 Å². The summed E-state index contributed by atoms with van der Waals surface area (Å²) in [6.45, 7) is 3.54. The van der Waals surface area contributed by atoms with E-state index in [9.17, 15) is 19.5 Å². The standard InChI is InChI=1S/C13H13N3O4/c1-6-3-4-7(2)8(5-6)16-12(19)9(10(14)17)11(18)15-13(16)20/h3-5,19H,1-2H3,(H2,14,17)(H,15,18,20). The van der Waals surface area contributed by atoms with E-state index in [0.29, 0.717) is 11.3 Å². The number of nitrogens with two attached hydrogens (primary N) is 1. The molecule has 7 nitrogen and oxygen atoms in total. The monoisotopic (exact) mass is 275 g/mol. The fourth-order valence-corrected chi connectivity index (χ4v) is 1.93. The lowest BCUT2D eigenvalue weighted by atomic mass is 10.1. The zero-order valence-electron chi connectivity index (χ0n) is 10.9. The van der Waals surface area contributed by atoms with Gasteiger partial charge in [-0.1, -0.05) is 12.1 Å². The molecule has 4 N–H and O–H groups in total. The Kier molecular flexibility index (Phi) is 3.19. The predicted molar refractivity (Wildman–Crippen MR) is 72.3 cm³/mol. The Morgan fingerprint density at radius 2 is 1.95 bits per heavy atom. The van der Waals surface area contributed by atoms with Crippen molar-refractivity contribution in [3.05, 3.63) is 55.7 Å². The van der Waals surface area contributed by atoms with Gasteiger partial charge in [0.15, 0.2) is 5.56 Å². The summed E-state index contributed by atoms with van der Waals surface area (Å²) >= 11 is 0. The highest BCUT2D eigenvalue weighted by atomic mass is 16.3. The van der Waals surface area contributed by atoms with E-state index in [-0.39, 0.29) is 0 Å². The number of aromatic amines is 1. The number of nitrogens with zero attached hydrogens (tertiary/aromatic N) is 1. The van der Waals surface area contributed by atoms with Gasteiger partial charge in [0, 0.05) is 0 Å². The minimum Gasteiger partial charge on any atom is -0.493 e. The number of aryl methyl sites for hydroxylation is 2. The first-order valence-electron chi connectivity index (χ1n) is 5.78. The summed E-state index contributed by atoms with van der Waals surface area (Å²) in [6.07, 6.45) is 0. The Morgan fingerprint density at radius 3 is 2.55 bits per heavy atom. The van der Waals surface area contributed by atoms with Gasteiger partial charge in [0.25, 0.3) is 11.5 Å². The number of aromatic nitrogens is 2. The van der Waals surface area contributed by atoms with Gasteiger partial charge in [0.1, 0.15) is 0 Å². The molecule has 0 atom stereocenters. The molecule has 20 heavy (non-hydrogen) atoms. The molecule has 0 aliphatic carbocycles. The van der Waals surface area contributed by atoms with Crippen molar-refractivity contribution < 1.29 is 9.90 Å². The molecule has 0 radical (unpaired) electrons. The summed E-state index contributed by atoms with van der Waals surface area (Å²) in [5, 5.41) is 10.0. The highest BCUT2D eigenvalue weighted by molar-refractivity contribution is 5.94. The number of hydrogen-bond acceptors (Lipinski definition) is 4. The average Bonchev–Trinajstić information content (AvgIpc) is 2.32. The Balaban J connectivity index is 2.92. The molecular formula is C13H13N3O4. The van der Waals surface area contributed by atoms with Gasteiger partial charge in [0.05, 0.1) is 5.69 Å². The maximum Gasteiger partial charge on any atom is 0.335 e. The summed E-state index contributed by atoms with van der Waals surface area (Å²) < 4.78 is 0.851. The van der Waals surface area contributed by atoms with Gasteiger partial charge in [-0.05, 0) is 31.0 Å². The van der Waals surface area contributed by atoms with Crippen LogP contribution in [0.1, 0.15) is 21.5 Å². The minimum atomic E-state index is -1.11. The quantitative estimate of drug-likeness (QED) is 0.711. The molecule has 0 saturated heterocycles. The van der Waals surface area contributed by atoms with E-state index in [1.165, 1.54) is 0 Å². The Morgan fingerprint density at radius 1 is 1.30 bits per heavy atom. The smallest absolute Gasteiger partial charge is 0.335 e. The molecule has 0 aliphatic rings. The number of primary amides is 1. The highest BCUT2D eigenvalue weighted by Gasteiger charge is 2.20. The van der Waals surface area contributed by atoms with Crippen molar-refractivity contribution in [3.63, 3.8) is 0 Å². The maximum atomic E-state index is 11.9. The van der Waals surface area contributed by atoms with E-state index >= 15 is 0 Å². The van der Waals surface area contributed by atoms with Crippen molar-refractivity contribution in [2.45, 2.75) is 13.8 Å². The minimum absolute atomic E-state index is 0.367. The number of nitrogens with one attached hydrogen (secondary N) is 1. The van der Waals surface area contributed by atoms with Crippen LogP contribution in [-0.4, -0.2) is 20.6 Å². The molecule has 1 aromatic heterocycles. The molecular weight excluding hydrogens is 262 g/mol. The molecule has 0 unspecified atom stereocenters. The number of H-pyrrole nitrogens is 1. The van der Waals surface area contributed by atoms with Gasteiger partial charge in [0.2, 0.25) is 5.88 Å². The summed E-state index contributed by atoms with van der Waals surface area (Å²) in [5.74, 6) is -1.87. The SMILES string of the molecule is Cc1ccc(C)c(-n2c(O)c(C(N)=O)c(=O)[nH]c2=O)c1. The van der Waals surface area contributed by atoms with E-state index in [1.54, 1.807) is 19.1 Å². The topological polar surface area (TPSA) is 118 Å². The number of rotatable bonds is 2. The molecule has 1 heterocycles. The van der Waals surface area contributed by atoms with Crippen LogP contribution in [-0.2, 0) is 0 Å². The van der Waals surface area contributed by atoms with E-state index in [2.05, 4.69) is 0 Å².